The van der Waals surface area contributed by atoms with Crippen molar-refractivity contribution in [2.75, 3.05) is 32.1 Å². The molecule has 0 radical (unpaired) electrons. The van der Waals surface area contributed by atoms with Crippen LogP contribution in [0.3, 0.4) is 0 Å². The number of benzene rings is 1. The van der Waals surface area contributed by atoms with Gasteiger partial charge >= 0.3 is 5.97 Å². The third-order valence-electron chi connectivity index (χ3n) is 2.49. The molecule has 0 saturated heterocycles. The first-order valence-corrected chi connectivity index (χ1v) is 6.67. The topological polar surface area (TPSA) is 82.4 Å². The maximum absolute atomic E-state index is 11.8. The second-order valence-corrected chi connectivity index (χ2v) is 4.74. The zero-order valence-corrected chi connectivity index (χ0v) is 12.6. The van der Waals surface area contributed by atoms with E-state index in [0.29, 0.717) is 17.9 Å². The van der Waals surface area contributed by atoms with Crippen LogP contribution in [0.5, 0.6) is 0 Å². The average molecular weight is 310 g/mol. The first-order chi connectivity index (χ1) is 9.96. The molecule has 0 saturated carbocycles. The fraction of sp³-hybridized carbons (Fsp3) is 0.357. The Morgan fingerprint density at radius 1 is 1.43 bits per heavy atom. The number of esters is 1. The molecule has 0 atom stereocenters. The van der Waals surface area contributed by atoms with Crippen molar-refractivity contribution in [3.05, 3.63) is 28.8 Å². The summed E-state index contributed by atoms with van der Waals surface area (Å²) in [6.07, 6.45) is 0. The number of rotatable bonds is 6. The van der Waals surface area contributed by atoms with E-state index in [1.54, 1.807) is 24.9 Å². The van der Waals surface area contributed by atoms with Crippen LogP contribution in [0.4, 0.5) is 5.69 Å². The van der Waals surface area contributed by atoms with Crippen LogP contribution in [0.1, 0.15) is 12.5 Å². The number of hydrogen-bond acceptors (Lipinski definition) is 5. The van der Waals surface area contributed by atoms with Crippen LogP contribution in [0.2, 0.25) is 5.02 Å². The zero-order valence-electron chi connectivity index (χ0n) is 11.9. The van der Waals surface area contributed by atoms with Gasteiger partial charge in [0.2, 0.25) is 5.91 Å². The van der Waals surface area contributed by atoms with Gasteiger partial charge in [-0.2, -0.15) is 5.26 Å². The number of likely N-dealkylation sites (N-methyl/N-ethyl adjacent to an activating group) is 1. The fourth-order valence-electron chi connectivity index (χ4n) is 1.61. The molecular formula is C14H16ClN3O3. The van der Waals surface area contributed by atoms with Gasteiger partial charge in [0.25, 0.3) is 0 Å². The SMILES string of the molecule is CCOC(=O)CN(C)CC(=O)Nc1ccc(C#N)c(Cl)c1. The molecule has 1 rings (SSSR count). The van der Waals surface area contributed by atoms with Crippen molar-refractivity contribution in [1.29, 1.82) is 5.26 Å². The van der Waals surface area contributed by atoms with Crippen molar-refractivity contribution in [3.8, 4) is 6.07 Å². The third kappa shape index (κ3) is 5.81. The maximum atomic E-state index is 11.8. The van der Waals surface area contributed by atoms with Gasteiger partial charge in [-0.15, -0.1) is 0 Å². The number of ether oxygens (including phenoxy) is 1. The van der Waals surface area contributed by atoms with Crippen molar-refractivity contribution in [2.45, 2.75) is 6.92 Å². The molecule has 0 bridgehead atoms. The highest BCUT2D eigenvalue weighted by molar-refractivity contribution is 6.32. The Kier molecular flexibility index (Phi) is 6.66. The zero-order chi connectivity index (χ0) is 15.8. The number of hydrogen-bond donors (Lipinski definition) is 1. The van der Waals surface area contributed by atoms with Crippen LogP contribution in [0, 0.1) is 11.3 Å². The van der Waals surface area contributed by atoms with E-state index < -0.39 is 0 Å². The Bertz CT molecular complexity index is 569. The van der Waals surface area contributed by atoms with Gasteiger partial charge in [0, 0.05) is 5.69 Å². The minimum Gasteiger partial charge on any atom is -0.465 e. The molecule has 0 fully saturated rings. The molecule has 0 aromatic heterocycles. The predicted octanol–water partition coefficient (Wildman–Crippen LogP) is 1.65. The number of carbonyl (C=O) groups excluding carboxylic acids is 2. The lowest BCUT2D eigenvalue weighted by molar-refractivity contribution is -0.144. The van der Waals surface area contributed by atoms with Gasteiger partial charge in [-0.1, -0.05) is 11.6 Å². The summed E-state index contributed by atoms with van der Waals surface area (Å²) >= 11 is 5.88. The Balaban J connectivity index is 2.52. The molecule has 112 valence electrons. The van der Waals surface area contributed by atoms with Crippen molar-refractivity contribution >= 4 is 29.2 Å². The van der Waals surface area contributed by atoms with Crippen molar-refractivity contribution in [3.63, 3.8) is 0 Å². The quantitative estimate of drug-likeness (QED) is 0.808. The van der Waals surface area contributed by atoms with Crippen LogP contribution in [0.15, 0.2) is 18.2 Å². The lowest BCUT2D eigenvalue weighted by Gasteiger charge is -2.15. The molecule has 0 unspecified atom stereocenters. The monoisotopic (exact) mass is 309 g/mol. The van der Waals surface area contributed by atoms with E-state index in [9.17, 15) is 9.59 Å². The standard InChI is InChI=1S/C14H16ClN3O3/c1-3-21-14(20)9-18(2)8-13(19)17-11-5-4-10(7-16)12(15)6-11/h4-6H,3,8-9H2,1-2H3,(H,17,19). The Hall–Kier alpha value is -2.10. The highest BCUT2D eigenvalue weighted by Crippen LogP contribution is 2.20. The molecular weight excluding hydrogens is 294 g/mol. The Labute approximate surface area is 128 Å². The second kappa shape index (κ2) is 8.25. The van der Waals surface area contributed by atoms with Gasteiger partial charge in [-0.25, -0.2) is 0 Å². The van der Waals surface area contributed by atoms with E-state index in [4.69, 9.17) is 21.6 Å². The maximum Gasteiger partial charge on any atom is 0.320 e. The lowest BCUT2D eigenvalue weighted by Crippen LogP contribution is -2.34. The normalized spacial score (nSPS) is 10.0. The van der Waals surface area contributed by atoms with Gasteiger partial charge in [0.05, 0.1) is 30.3 Å². The summed E-state index contributed by atoms with van der Waals surface area (Å²) in [5.41, 5.74) is 0.836. The van der Waals surface area contributed by atoms with E-state index in [1.807, 2.05) is 6.07 Å². The first kappa shape index (κ1) is 17.0. The van der Waals surface area contributed by atoms with E-state index in [2.05, 4.69) is 5.32 Å². The number of nitrogens with zero attached hydrogens (tertiary/aromatic N) is 2. The predicted molar refractivity (Wildman–Crippen MR) is 78.9 cm³/mol. The number of carbonyl (C=O) groups is 2. The summed E-state index contributed by atoms with van der Waals surface area (Å²) < 4.78 is 4.79. The van der Waals surface area contributed by atoms with Crippen molar-refractivity contribution < 1.29 is 14.3 Å². The molecule has 0 aliphatic rings. The summed E-state index contributed by atoms with van der Waals surface area (Å²) in [6, 6.07) is 6.56. The molecule has 1 amide bonds. The lowest BCUT2D eigenvalue weighted by atomic mass is 10.2. The molecule has 1 N–H and O–H groups in total. The number of anilines is 1. The van der Waals surface area contributed by atoms with Crippen LogP contribution >= 0.6 is 11.6 Å². The number of nitrogens with one attached hydrogen (secondary N) is 1. The van der Waals surface area contributed by atoms with Gasteiger partial charge in [0.15, 0.2) is 0 Å². The highest BCUT2D eigenvalue weighted by Gasteiger charge is 2.12. The van der Waals surface area contributed by atoms with Crippen molar-refractivity contribution in [1.82, 2.24) is 4.90 Å². The van der Waals surface area contributed by atoms with Crippen LogP contribution in [-0.4, -0.2) is 43.5 Å². The molecule has 0 aliphatic heterocycles. The number of nitriles is 1. The first-order valence-electron chi connectivity index (χ1n) is 6.30. The summed E-state index contributed by atoms with van der Waals surface area (Å²) in [5, 5.41) is 11.7. The highest BCUT2D eigenvalue weighted by atomic mass is 35.5. The molecule has 1 aromatic rings. The van der Waals surface area contributed by atoms with Crippen LogP contribution in [0.25, 0.3) is 0 Å². The molecule has 7 heteroatoms. The molecule has 21 heavy (non-hydrogen) atoms. The van der Waals surface area contributed by atoms with Gasteiger partial charge in [-0.3, -0.25) is 14.5 Å². The van der Waals surface area contributed by atoms with Gasteiger partial charge in [0.1, 0.15) is 6.07 Å². The Morgan fingerprint density at radius 3 is 2.71 bits per heavy atom. The van der Waals surface area contributed by atoms with Crippen LogP contribution < -0.4 is 5.32 Å². The fourth-order valence-corrected chi connectivity index (χ4v) is 1.83. The van der Waals surface area contributed by atoms with E-state index in [1.165, 1.54) is 12.1 Å². The summed E-state index contributed by atoms with van der Waals surface area (Å²) in [7, 11) is 1.64. The molecule has 6 nitrogen and oxygen atoms in total. The summed E-state index contributed by atoms with van der Waals surface area (Å²) in [6.45, 7) is 2.10. The number of amides is 1. The second-order valence-electron chi connectivity index (χ2n) is 4.33. The van der Waals surface area contributed by atoms with E-state index >= 15 is 0 Å². The molecule has 1 aromatic carbocycles. The Morgan fingerprint density at radius 2 is 2.14 bits per heavy atom. The summed E-state index contributed by atoms with van der Waals surface area (Å²) in [4.78, 5) is 24.6. The largest absolute Gasteiger partial charge is 0.465 e. The minimum atomic E-state index is -0.380. The van der Waals surface area contributed by atoms with E-state index in [0.717, 1.165) is 0 Å². The van der Waals surface area contributed by atoms with Gasteiger partial charge < -0.3 is 10.1 Å². The average Bonchev–Trinajstić information content (AvgIpc) is 2.38. The molecule has 0 heterocycles. The smallest absolute Gasteiger partial charge is 0.320 e. The van der Waals surface area contributed by atoms with E-state index in [-0.39, 0.29) is 30.0 Å². The number of halogens is 1. The molecule has 0 aliphatic carbocycles. The third-order valence-corrected chi connectivity index (χ3v) is 2.80. The van der Waals surface area contributed by atoms with Crippen molar-refractivity contribution in [2.24, 2.45) is 0 Å². The van der Waals surface area contributed by atoms with Crippen LogP contribution in [-0.2, 0) is 14.3 Å². The minimum absolute atomic E-state index is 0.0371. The van der Waals surface area contributed by atoms with Gasteiger partial charge in [-0.05, 0) is 32.2 Å². The molecule has 0 spiro atoms. The summed E-state index contributed by atoms with van der Waals surface area (Å²) in [5.74, 6) is -0.670.